The predicted octanol–water partition coefficient (Wildman–Crippen LogP) is 0.237. The molecule has 24 heteroatoms. The number of phosphoric acid groups is 1. The minimum atomic E-state index is -5.09. The van der Waals surface area contributed by atoms with Gasteiger partial charge in [-0.05, 0) is 12.3 Å². The highest BCUT2D eigenvalue weighted by Crippen LogP contribution is 2.73. The number of aromatic nitrogens is 8. The van der Waals surface area contributed by atoms with Crippen LogP contribution in [0, 0.1) is 11.3 Å². The Balaban J connectivity index is 1.14. The van der Waals surface area contributed by atoms with E-state index in [9.17, 15) is 23.9 Å². The summed E-state index contributed by atoms with van der Waals surface area (Å²) in [5, 5.41) is 11.5. The van der Waals surface area contributed by atoms with Crippen molar-refractivity contribution in [1.29, 1.82) is 0 Å². The molecule has 2 unspecified atom stereocenters. The van der Waals surface area contributed by atoms with E-state index >= 15 is 4.39 Å². The molecular formula is C22H25FN10O10P2S. The lowest BCUT2D eigenvalue weighted by Crippen LogP contribution is -2.37. The minimum Gasteiger partial charge on any atom is -0.388 e. The second kappa shape index (κ2) is 10.2. The summed E-state index contributed by atoms with van der Waals surface area (Å²) in [7, 11) is -5.09. The minimum absolute atomic E-state index is 0.117. The molecule has 0 aromatic carbocycles. The number of rotatable bonds is 2. The van der Waals surface area contributed by atoms with E-state index in [2.05, 4.69) is 42.2 Å². The second-order valence-electron chi connectivity index (χ2n) is 11.5. The first-order valence-corrected chi connectivity index (χ1v) is 17.9. The number of anilines is 2. The third kappa shape index (κ3) is 4.62. The summed E-state index contributed by atoms with van der Waals surface area (Å²) in [6.07, 6.45) is -5.73. The molecule has 2 bridgehead atoms. The first-order chi connectivity index (χ1) is 21.8. The fraction of sp³-hybridized carbons (Fsp3) is 0.545. The first kappa shape index (κ1) is 30.3. The molecule has 1 spiro atoms. The maximum Gasteiger partial charge on any atom is 0.472 e. The number of ether oxygens (including phenoxy) is 1. The monoisotopic (exact) mass is 702 g/mol. The predicted molar refractivity (Wildman–Crippen MR) is 155 cm³/mol. The number of H-pyrrole nitrogens is 1. The molecule has 4 aliphatic rings. The van der Waals surface area contributed by atoms with Gasteiger partial charge in [0.05, 0.1) is 31.9 Å². The normalized spacial score (nSPS) is 41.0. The van der Waals surface area contributed by atoms with Crippen molar-refractivity contribution in [3.8, 4) is 0 Å². The Morgan fingerprint density at radius 2 is 1.85 bits per heavy atom. The van der Waals surface area contributed by atoms with Crippen LogP contribution in [0.1, 0.15) is 18.7 Å². The van der Waals surface area contributed by atoms with E-state index < -0.39 is 87.6 Å². The van der Waals surface area contributed by atoms with Gasteiger partial charge in [-0.1, -0.05) is 12.2 Å². The Kier molecular flexibility index (Phi) is 6.74. The van der Waals surface area contributed by atoms with Crippen molar-refractivity contribution < 1.29 is 46.4 Å². The van der Waals surface area contributed by atoms with Crippen molar-refractivity contribution in [2.75, 3.05) is 24.7 Å². The molecule has 8 rings (SSSR count). The zero-order chi connectivity index (χ0) is 32.3. The van der Waals surface area contributed by atoms with E-state index in [1.165, 1.54) is 12.7 Å². The van der Waals surface area contributed by atoms with Gasteiger partial charge in [0, 0.05) is 5.41 Å². The number of hydrogen-bond acceptors (Lipinski definition) is 16. The topological polar surface area (TPSA) is 280 Å². The van der Waals surface area contributed by atoms with Crippen LogP contribution in [0.25, 0.3) is 22.3 Å². The first-order valence-electron chi connectivity index (χ1n) is 13.7. The van der Waals surface area contributed by atoms with E-state index in [4.69, 9.17) is 34.3 Å². The number of nitrogen functional groups attached to an aromatic ring is 2. The van der Waals surface area contributed by atoms with E-state index in [0.29, 0.717) is 11.2 Å². The smallest absolute Gasteiger partial charge is 0.388 e. The molecule has 20 nitrogen and oxygen atoms in total. The number of halogens is 1. The van der Waals surface area contributed by atoms with Crippen molar-refractivity contribution in [1.82, 2.24) is 39.0 Å². The van der Waals surface area contributed by atoms with Gasteiger partial charge in [-0.15, -0.1) is 0 Å². The SMILES string of the molecule is Nc1nc2c(ncn2[C@@H]2O[C@@H]3CO[P@@](=O)(S)O[C@H]4[C@@H](O)[C@H](n5cnc6c(N)ncnc65)[C@H]5CC54COP(=O)(O)O[C@@H]2[C@@H]3F)c(=O)[nH]1. The molecule has 2 aliphatic heterocycles. The fourth-order valence-corrected chi connectivity index (χ4v) is 9.30. The molecule has 4 aromatic rings. The molecule has 6 heterocycles. The summed E-state index contributed by atoms with van der Waals surface area (Å²) in [5.74, 6) is -0.623. The largest absolute Gasteiger partial charge is 0.472 e. The van der Waals surface area contributed by atoms with Crippen LogP contribution in [0.2, 0.25) is 0 Å². The average Bonchev–Trinajstić information content (AvgIpc) is 3.26. The highest BCUT2D eigenvalue weighted by atomic mass is 32.7. The number of aliphatic hydroxyl groups is 1. The van der Waals surface area contributed by atoms with Crippen LogP contribution in [0.5, 0.6) is 0 Å². The number of aliphatic hydroxyl groups excluding tert-OH is 1. The van der Waals surface area contributed by atoms with Gasteiger partial charge in [-0.25, -0.2) is 33.5 Å². The second-order valence-corrected chi connectivity index (χ2v) is 15.8. The molecule has 2 saturated heterocycles. The molecule has 246 valence electrons. The summed E-state index contributed by atoms with van der Waals surface area (Å²) in [6, 6.07) is -0.773. The van der Waals surface area contributed by atoms with Gasteiger partial charge < -0.3 is 30.8 Å². The number of hydrogen-bond donors (Lipinski definition) is 6. The van der Waals surface area contributed by atoms with Crippen LogP contribution < -0.4 is 17.0 Å². The van der Waals surface area contributed by atoms with Crippen LogP contribution >= 0.6 is 26.9 Å². The maximum atomic E-state index is 15.9. The molecule has 7 N–H and O–H groups in total. The summed E-state index contributed by atoms with van der Waals surface area (Å²) in [5.41, 5.74) is 10.0. The molecule has 0 amide bonds. The Hall–Kier alpha value is -3.04. The number of alkyl halides is 1. The number of imidazole rings is 2. The van der Waals surface area contributed by atoms with Gasteiger partial charge >= 0.3 is 14.6 Å². The Morgan fingerprint density at radius 1 is 1.09 bits per heavy atom. The number of nitrogens with zero attached hydrogens (tertiary/aromatic N) is 7. The Morgan fingerprint density at radius 3 is 2.65 bits per heavy atom. The highest BCUT2D eigenvalue weighted by Gasteiger charge is 2.74. The number of phosphoric ester groups is 1. The quantitative estimate of drug-likeness (QED) is 0.120. The molecule has 0 radical (unpaired) electrons. The van der Waals surface area contributed by atoms with Crippen molar-refractivity contribution >= 4 is 61.0 Å². The zero-order valence-corrected chi connectivity index (χ0v) is 25.8. The molecule has 11 atom stereocenters. The summed E-state index contributed by atoms with van der Waals surface area (Å²) in [6.45, 7) is -5.62. The lowest BCUT2D eigenvalue weighted by atomic mass is 10.0. The maximum absolute atomic E-state index is 15.9. The van der Waals surface area contributed by atoms with Crippen molar-refractivity contribution in [2.24, 2.45) is 11.3 Å². The number of aromatic amines is 1. The molecule has 2 aliphatic carbocycles. The third-order valence-corrected chi connectivity index (χ3v) is 11.5. The zero-order valence-electron chi connectivity index (χ0n) is 23.1. The fourth-order valence-electron chi connectivity index (χ4n) is 6.78. The molecule has 46 heavy (non-hydrogen) atoms. The van der Waals surface area contributed by atoms with E-state index in [-0.39, 0.29) is 29.4 Å². The van der Waals surface area contributed by atoms with Crippen LogP contribution in [0.15, 0.2) is 23.8 Å². The standard InChI is InChI=1S/C22H25FN10O10P2S/c23-9-8-2-39-45(38,46)43-15-13(34)12(32-5-28-10-16(24)26-4-27-17(10)32)7-1-22(7,15)3-40-44(36,37)42-14(9)20(41-8)33-6-29-11-18(33)30-21(25)31-19(11)35/h4-9,12-15,20,34H,1-3H2,(H,36,37)(H,38,46)(H2,24,26,27)(H3,25,30,31,35)/t7-,8-,9-,12-,13+,14-,15+,20-,22?,45-/m1/s1. The molecule has 2 saturated carbocycles. The molecule has 4 aromatic heterocycles. The van der Waals surface area contributed by atoms with E-state index in [1.807, 2.05) is 0 Å². The number of fused-ring (bicyclic) bond motifs is 4. The third-order valence-electron chi connectivity index (χ3n) is 8.91. The number of nitrogens with one attached hydrogen (secondary N) is 1. The summed E-state index contributed by atoms with van der Waals surface area (Å²) in [4.78, 5) is 45.8. The van der Waals surface area contributed by atoms with Crippen LogP contribution in [0.4, 0.5) is 16.2 Å². The summed E-state index contributed by atoms with van der Waals surface area (Å²) >= 11 is 4.08. The molecule has 4 fully saturated rings. The average molecular weight is 703 g/mol. The van der Waals surface area contributed by atoms with Crippen LogP contribution in [0.3, 0.4) is 0 Å². The van der Waals surface area contributed by atoms with Crippen molar-refractivity contribution in [3.63, 3.8) is 0 Å². The van der Waals surface area contributed by atoms with E-state index in [0.717, 1.165) is 10.9 Å². The van der Waals surface area contributed by atoms with Gasteiger partial charge in [0.2, 0.25) is 5.95 Å². The van der Waals surface area contributed by atoms with E-state index in [1.54, 1.807) is 4.57 Å². The van der Waals surface area contributed by atoms with Crippen molar-refractivity contribution in [3.05, 3.63) is 29.3 Å². The van der Waals surface area contributed by atoms with Crippen molar-refractivity contribution in [2.45, 2.75) is 49.3 Å². The Bertz CT molecular complexity index is 2050. The lowest BCUT2D eigenvalue weighted by Gasteiger charge is -2.30. The van der Waals surface area contributed by atoms with Crippen LogP contribution in [-0.2, 0) is 32.0 Å². The van der Waals surface area contributed by atoms with Gasteiger partial charge in [-0.3, -0.25) is 32.4 Å². The van der Waals surface area contributed by atoms with Gasteiger partial charge in [0.15, 0.2) is 35.0 Å². The molecular weight excluding hydrogens is 677 g/mol. The number of nitrogens with two attached hydrogens (primary N) is 2. The lowest BCUT2D eigenvalue weighted by molar-refractivity contribution is -0.0586. The number of thiol groups is 1. The summed E-state index contributed by atoms with van der Waals surface area (Å²) < 4.78 is 73.3. The van der Waals surface area contributed by atoms with Crippen LogP contribution in [-0.4, -0.2) is 92.8 Å². The van der Waals surface area contributed by atoms with Gasteiger partial charge in [0.25, 0.3) is 5.56 Å². The Labute approximate surface area is 260 Å². The highest BCUT2D eigenvalue weighted by molar-refractivity contribution is 8.44. The van der Waals surface area contributed by atoms with Gasteiger partial charge in [-0.2, -0.15) is 4.98 Å². The van der Waals surface area contributed by atoms with Gasteiger partial charge in [0.1, 0.15) is 36.3 Å².